The number of non-ortho nitro benzene ring substituents is 1. The molecule has 1 aromatic rings. The first-order valence-corrected chi connectivity index (χ1v) is 6.89. The average molecular weight is 301 g/mol. The number of nitrogens with zero attached hydrogens (tertiary/aromatic N) is 1. The number of nitro benzene ring substituents is 1. The molecule has 0 aromatic heterocycles. The molecule has 5 atom stereocenters. The van der Waals surface area contributed by atoms with Crippen molar-refractivity contribution in [2.24, 2.45) is 0 Å². The number of rotatable bonds is 3. The predicted molar refractivity (Wildman–Crippen MR) is 71.3 cm³/mol. The monoisotopic (exact) mass is 301 g/mol. The minimum atomic E-state index is -1.28. The fraction of sp³-hybridized carbons (Fsp3) is 0.500. The highest BCUT2D eigenvalue weighted by Gasteiger charge is 2.42. The first-order valence-electron chi connectivity index (χ1n) is 6.01. The number of thioether (sulfide) groups is 1. The van der Waals surface area contributed by atoms with Crippen molar-refractivity contribution in [1.29, 1.82) is 0 Å². The van der Waals surface area contributed by atoms with E-state index in [4.69, 9.17) is 4.74 Å². The molecule has 0 unspecified atom stereocenters. The number of aliphatic hydroxyl groups is 3. The smallest absolute Gasteiger partial charge is 0.269 e. The lowest BCUT2D eigenvalue weighted by atomic mass is 10.0. The van der Waals surface area contributed by atoms with E-state index in [1.807, 2.05) is 0 Å². The summed E-state index contributed by atoms with van der Waals surface area (Å²) in [7, 11) is 0. The number of nitro groups is 1. The van der Waals surface area contributed by atoms with Crippen molar-refractivity contribution in [2.75, 3.05) is 0 Å². The van der Waals surface area contributed by atoms with Crippen molar-refractivity contribution in [1.82, 2.24) is 0 Å². The van der Waals surface area contributed by atoms with Gasteiger partial charge in [0.25, 0.3) is 5.69 Å². The van der Waals surface area contributed by atoms with E-state index in [2.05, 4.69) is 0 Å². The van der Waals surface area contributed by atoms with Crippen LogP contribution < -0.4 is 0 Å². The van der Waals surface area contributed by atoms with Gasteiger partial charge in [-0.3, -0.25) is 10.1 Å². The van der Waals surface area contributed by atoms with Crippen LogP contribution >= 0.6 is 11.8 Å². The second-order valence-electron chi connectivity index (χ2n) is 4.55. The molecule has 0 bridgehead atoms. The minimum Gasteiger partial charge on any atom is -0.388 e. The Bertz CT molecular complexity index is 481. The van der Waals surface area contributed by atoms with Crippen LogP contribution in [0.4, 0.5) is 5.69 Å². The SMILES string of the molecule is C[C@@H]1O[C@H](Sc2ccc([N+](=O)[O-])cc2)[C@H](O)[C@@H](O)[C@@H]1O. The number of aliphatic hydroxyl groups excluding tert-OH is 3. The van der Waals surface area contributed by atoms with Crippen LogP contribution in [0.2, 0.25) is 0 Å². The second-order valence-corrected chi connectivity index (χ2v) is 5.72. The van der Waals surface area contributed by atoms with Crippen LogP contribution in [0, 0.1) is 10.1 Å². The fourth-order valence-electron chi connectivity index (χ4n) is 1.89. The zero-order valence-corrected chi connectivity index (χ0v) is 11.4. The largest absolute Gasteiger partial charge is 0.388 e. The maximum atomic E-state index is 10.5. The highest BCUT2D eigenvalue weighted by Crippen LogP contribution is 2.33. The molecule has 7 nitrogen and oxygen atoms in total. The quantitative estimate of drug-likeness (QED) is 0.551. The lowest BCUT2D eigenvalue weighted by Gasteiger charge is -2.38. The topological polar surface area (TPSA) is 113 Å². The third kappa shape index (κ3) is 3.10. The Morgan fingerprint density at radius 2 is 1.75 bits per heavy atom. The van der Waals surface area contributed by atoms with Crippen molar-refractivity contribution in [3.63, 3.8) is 0 Å². The molecule has 110 valence electrons. The first-order chi connectivity index (χ1) is 9.40. The van der Waals surface area contributed by atoms with E-state index in [0.717, 1.165) is 11.8 Å². The Labute approximate surface area is 119 Å². The lowest BCUT2D eigenvalue weighted by molar-refractivity contribution is -0.384. The number of ether oxygens (including phenoxy) is 1. The zero-order valence-electron chi connectivity index (χ0n) is 10.6. The van der Waals surface area contributed by atoms with Gasteiger partial charge in [0.05, 0.1) is 11.0 Å². The van der Waals surface area contributed by atoms with Gasteiger partial charge in [-0.25, -0.2) is 0 Å². The third-order valence-electron chi connectivity index (χ3n) is 3.11. The Morgan fingerprint density at radius 1 is 1.15 bits per heavy atom. The molecule has 1 heterocycles. The van der Waals surface area contributed by atoms with Gasteiger partial charge in [0.2, 0.25) is 0 Å². The van der Waals surface area contributed by atoms with Gasteiger partial charge in [-0.15, -0.1) is 0 Å². The molecular weight excluding hydrogens is 286 g/mol. The van der Waals surface area contributed by atoms with Crippen LogP contribution in [0.1, 0.15) is 6.92 Å². The molecule has 1 aliphatic rings. The van der Waals surface area contributed by atoms with Crippen LogP contribution in [0.15, 0.2) is 29.2 Å². The van der Waals surface area contributed by atoms with E-state index in [-0.39, 0.29) is 5.69 Å². The molecule has 1 fully saturated rings. The van der Waals surface area contributed by atoms with E-state index >= 15 is 0 Å². The van der Waals surface area contributed by atoms with E-state index in [1.165, 1.54) is 12.1 Å². The molecule has 8 heteroatoms. The van der Waals surface area contributed by atoms with Crippen molar-refractivity contribution in [3.05, 3.63) is 34.4 Å². The molecule has 0 saturated carbocycles. The van der Waals surface area contributed by atoms with Crippen LogP contribution in [0.5, 0.6) is 0 Å². The predicted octanol–water partition coefficient (Wildman–Crippen LogP) is 0.514. The molecule has 0 radical (unpaired) electrons. The summed E-state index contributed by atoms with van der Waals surface area (Å²) in [6, 6.07) is 5.79. The third-order valence-corrected chi connectivity index (χ3v) is 4.27. The molecule has 20 heavy (non-hydrogen) atoms. The van der Waals surface area contributed by atoms with Gasteiger partial charge in [-0.1, -0.05) is 11.8 Å². The summed E-state index contributed by atoms with van der Waals surface area (Å²) in [4.78, 5) is 10.7. The van der Waals surface area contributed by atoms with E-state index < -0.39 is 34.8 Å². The van der Waals surface area contributed by atoms with Gasteiger partial charge >= 0.3 is 0 Å². The standard InChI is InChI=1S/C12H15NO6S/c1-6-9(14)10(15)11(16)12(19-6)20-8-4-2-7(3-5-8)13(17)18/h2-6,9-12,14-16H,1H3/t6-,9+,10-,11+,12+/m0/s1. The molecule has 3 N–H and O–H groups in total. The number of hydrogen-bond donors (Lipinski definition) is 3. The summed E-state index contributed by atoms with van der Waals surface area (Å²) in [5, 5.41) is 39.7. The summed E-state index contributed by atoms with van der Waals surface area (Å²) in [6.45, 7) is 1.60. The van der Waals surface area contributed by atoms with Gasteiger partial charge in [0.1, 0.15) is 23.7 Å². The summed E-state index contributed by atoms with van der Waals surface area (Å²) in [5.41, 5.74) is -0.770. The summed E-state index contributed by atoms with van der Waals surface area (Å²) in [6.07, 6.45) is -4.27. The molecule has 0 aliphatic carbocycles. The lowest BCUT2D eigenvalue weighted by Crippen LogP contribution is -2.55. The molecule has 0 amide bonds. The molecule has 1 aliphatic heterocycles. The van der Waals surface area contributed by atoms with Gasteiger partial charge in [-0.05, 0) is 19.1 Å². The Morgan fingerprint density at radius 3 is 2.30 bits per heavy atom. The maximum Gasteiger partial charge on any atom is 0.269 e. The Hall–Kier alpha value is -1.19. The van der Waals surface area contributed by atoms with Gasteiger partial charge in [0, 0.05) is 17.0 Å². The van der Waals surface area contributed by atoms with Gasteiger partial charge in [0.15, 0.2) is 0 Å². The minimum absolute atomic E-state index is 0.0247. The molecule has 1 aromatic carbocycles. The number of hydrogen-bond acceptors (Lipinski definition) is 7. The van der Waals surface area contributed by atoms with Crippen molar-refractivity contribution in [2.45, 2.75) is 41.7 Å². The first kappa shape index (κ1) is 15.2. The fourth-order valence-corrected chi connectivity index (χ4v) is 2.98. The van der Waals surface area contributed by atoms with Crippen molar-refractivity contribution in [3.8, 4) is 0 Å². The van der Waals surface area contributed by atoms with E-state index in [1.54, 1.807) is 19.1 Å². The van der Waals surface area contributed by atoms with Crippen LogP contribution in [-0.2, 0) is 4.74 Å². The van der Waals surface area contributed by atoms with Crippen LogP contribution in [-0.4, -0.2) is 50.1 Å². The maximum absolute atomic E-state index is 10.5. The highest BCUT2D eigenvalue weighted by molar-refractivity contribution is 7.99. The molecule has 2 rings (SSSR count). The average Bonchev–Trinajstić information content (AvgIpc) is 2.43. The number of benzene rings is 1. The molecular formula is C12H15NO6S. The van der Waals surface area contributed by atoms with E-state index in [0.29, 0.717) is 4.90 Å². The Kier molecular flexibility index (Phi) is 4.61. The van der Waals surface area contributed by atoms with Crippen LogP contribution in [0.3, 0.4) is 0 Å². The van der Waals surface area contributed by atoms with Gasteiger partial charge < -0.3 is 20.1 Å². The highest BCUT2D eigenvalue weighted by atomic mass is 32.2. The molecule has 1 saturated heterocycles. The van der Waals surface area contributed by atoms with E-state index in [9.17, 15) is 25.4 Å². The summed E-state index contributed by atoms with van der Waals surface area (Å²) >= 11 is 1.14. The Balaban J connectivity index is 2.07. The summed E-state index contributed by atoms with van der Waals surface area (Å²) < 4.78 is 5.43. The zero-order chi connectivity index (χ0) is 14.9. The summed E-state index contributed by atoms with van der Waals surface area (Å²) in [5.74, 6) is 0. The molecule has 0 spiro atoms. The van der Waals surface area contributed by atoms with Crippen LogP contribution in [0.25, 0.3) is 0 Å². The van der Waals surface area contributed by atoms with Crippen molar-refractivity contribution >= 4 is 17.4 Å². The second kappa shape index (κ2) is 6.06. The van der Waals surface area contributed by atoms with Gasteiger partial charge in [-0.2, -0.15) is 0 Å². The normalized spacial score (nSPS) is 33.9. The van der Waals surface area contributed by atoms with Crippen molar-refractivity contribution < 1.29 is 25.0 Å².